The Bertz CT molecular complexity index is 4050. The molecule has 12 rings (SSSR count). The van der Waals surface area contributed by atoms with Crippen molar-refractivity contribution < 1.29 is 117 Å². The number of hydrogen-bond acceptors (Lipinski definition) is 28. The largest absolute Gasteiger partial charge is 0.422 e. The molecule has 3 aromatic carbocycles. The molecule has 24 atom stereocenters. The molecule has 32 heteroatoms. The number of Topliss-reactive ketones (excluding diaryl/α,β-unsaturated/α-hetero) is 1. The average molecular weight is 1470 g/mol. The van der Waals surface area contributed by atoms with Crippen LogP contribution in [0.3, 0.4) is 0 Å². The lowest BCUT2D eigenvalue weighted by Gasteiger charge is -2.49. The molecule has 7 heterocycles. The number of carbonyl (C=O) groups is 4. The Labute approximate surface area is 601 Å². The first-order valence-electron chi connectivity index (χ1n) is 35.8. The van der Waals surface area contributed by atoms with Gasteiger partial charge in [-0.25, -0.2) is 14.3 Å². The second-order valence-corrected chi connectivity index (χ2v) is 27.9. The van der Waals surface area contributed by atoms with E-state index in [-0.39, 0.29) is 74.3 Å². The molecule has 2 saturated carbocycles. The Kier molecular flexibility index (Phi) is 25.5. The van der Waals surface area contributed by atoms with Crippen molar-refractivity contribution in [3.63, 3.8) is 0 Å². The number of aromatic nitrogens is 3. The predicted octanol–water partition coefficient (Wildman–Crippen LogP) is 0.307. The van der Waals surface area contributed by atoms with E-state index in [1.807, 2.05) is 25.1 Å². The van der Waals surface area contributed by atoms with E-state index in [2.05, 4.69) is 20.9 Å². The van der Waals surface area contributed by atoms with Crippen LogP contribution in [-0.4, -0.2) is 251 Å². The molecule has 4 aliphatic heterocycles. The number of ether oxygens (including phenoxy) is 9. The highest BCUT2D eigenvalue weighted by molar-refractivity contribution is 5.83. The molecule has 6 aromatic rings. The lowest BCUT2D eigenvalue weighted by molar-refractivity contribution is -0.337. The molecule has 105 heavy (non-hydrogen) atoms. The quantitative estimate of drug-likeness (QED) is 0.0232. The molecule has 0 spiro atoms. The first-order valence-corrected chi connectivity index (χ1v) is 35.8. The minimum absolute atomic E-state index is 0.0428. The number of amides is 3. The number of likely N-dealkylation sites (tertiary alicyclic amines) is 1. The summed E-state index contributed by atoms with van der Waals surface area (Å²) in [4.78, 5) is 84.8. The van der Waals surface area contributed by atoms with Crippen molar-refractivity contribution in [1.82, 2.24) is 30.5 Å². The highest BCUT2D eigenvalue weighted by atomic mass is 16.7. The standard InChI is InChI=1S/C73H92N6O26/c1-4-14-50(68(92)78-23-13-24-78)98-65-56(75-37(3)82)71(103-54(32-80)59(65)86)102-53-28-41(27-46(79-31-45(76-77-79)38-15-6-5-7-16-38)64(53)105-72-62(89)61(88)57(84)36(2)97-72)47(83)19-12-22-74-67(91)42-29-51(95-34-43-25-39-17-8-10-20-48(39)99-69(43)93)58(85)52(30-42)101-73-63(90)66(60(87)55(33-81)104-73)96-35-44-26-40-18-9-11-21-49(40)100-70(44)94/h5-11,15-18,20-21,25-26,31,36,41-42,46,50-66,71-73,80-81,84-90H,4,12-14,19,22-24,27-30,32-35H2,1-3H3,(H,74,91)(H,75,82)/t36?,41?,42-,46?,50-,51?,52+,53+,54-,55?,56?,57+,58?,59-,60-,61-,62?,63+,64+,65?,66?,71+,72-,73+/m0/s1. The first kappa shape index (κ1) is 77.2. The number of rotatable bonds is 28. The van der Waals surface area contributed by atoms with E-state index in [0.29, 0.717) is 52.7 Å². The van der Waals surface area contributed by atoms with Crippen LogP contribution in [-0.2, 0) is 75.0 Å². The maximum atomic E-state index is 15.1. The van der Waals surface area contributed by atoms with E-state index >= 15 is 4.79 Å². The van der Waals surface area contributed by atoms with E-state index in [1.165, 1.54) is 24.6 Å². The van der Waals surface area contributed by atoms with Crippen molar-refractivity contribution in [3.05, 3.63) is 129 Å². The fourth-order valence-electron chi connectivity index (χ4n) is 14.7. The fourth-order valence-corrected chi connectivity index (χ4v) is 14.7. The van der Waals surface area contributed by atoms with E-state index in [0.717, 1.165) is 6.42 Å². The normalized spacial score (nSPS) is 33.2. The number of para-hydroxylation sites is 2. The maximum Gasteiger partial charge on any atom is 0.341 e. The van der Waals surface area contributed by atoms with Crippen molar-refractivity contribution >= 4 is 45.4 Å². The molecular formula is C73H92N6O26. The van der Waals surface area contributed by atoms with Gasteiger partial charge in [0, 0.05) is 61.2 Å². The Morgan fingerprint density at radius 3 is 1.88 bits per heavy atom. The third-order valence-corrected chi connectivity index (χ3v) is 20.6. The van der Waals surface area contributed by atoms with Crippen LogP contribution in [0.25, 0.3) is 33.2 Å². The number of aliphatic hydroxyl groups is 9. The summed E-state index contributed by atoms with van der Waals surface area (Å²) in [6, 6.07) is 23.3. The predicted molar refractivity (Wildman–Crippen MR) is 364 cm³/mol. The Morgan fingerprint density at radius 1 is 0.638 bits per heavy atom. The SMILES string of the molecule is CCC[C@H](OC1C(NC(C)=O)[C@H](O[C@@H]2CC(C(=O)CCCNC(=O)[C@H]3CC(OCc4cc5ccccc5oc4=O)C(O)[C@H](O[C@@H]4OC(CO)[C@H](O)C(OCc5cc6ccccc6oc5=O)[C@H]4O)C3)CC(n3cc(-c4ccccc4)nn3)[C@H]2O[C@@H]2OC(C)[C@@H](O)[C@H](O)C2O)O[C@@H](CO)[C@@H]1O)C(=O)N1CCC1. The molecule has 3 aromatic heterocycles. The zero-order valence-corrected chi connectivity index (χ0v) is 58.2. The van der Waals surface area contributed by atoms with Gasteiger partial charge < -0.3 is 113 Å². The van der Waals surface area contributed by atoms with Gasteiger partial charge in [0.05, 0.1) is 74.2 Å². The second kappa shape index (κ2) is 34.6. The number of carbonyl (C=O) groups excluding carboxylic acids is 4. The van der Waals surface area contributed by atoms with Gasteiger partial charge in [0.15, 0.2) is 18.9 Å². The smallest absolute Gasteiger partial charge is 0.341 e. The zero-order valence-electron chi connectivity index (χ0n) is 58.2. The molecule has 570 valence electrons. The molecule has 4 saturated heterocycles. The number of hydrogen-bond donors (Lipinski definition) is 11. The van der Waals surface area contributed by atoms with Crippen LogP contribution in [0, 0.1) is 11.8 Å². The molecule has 11 N–H and O–H groups in total. The molecule has 3 amide bonds. The van der Waals surface area contributed by atoms with Gasteiger partial charge in [-0.1, -0.05) is 85.3 Å². The zero-order chi connectivity index (χ0) is 74.3. The van der Waals surface area contributed by atoms with Gasteiger partial charge in [-0.2, -0.15) is 0 Å². The molecule has 6 aliphatic rings. The van der Waals surface area contributed by atoms with Crippen molar-refractivity contribution in [2.45, 2.75) is 226 Å². The molecule has 0 bridgehead atoms. The van der Waals surface area contributed by atoms with E-state index in [4.69, 9.17) is 51.5 Å². The molecule has 32 nitrogen and oxygen atoms in total. The summed E-state index contributed by atoms with van der Waals surface area (Å²) in [5.74, 6) is -3.85. The third-order valence-electron chi connectivity index (χ3n) is 20.6. The molecule has 2 aliphatic carbocycles. The third kappa shape index (κ3) is 17.6. The van der Waals surface area contributed by atoms with Gasteiger partial charge in [0.25, 0.3) is 5.91 Å². The minimum Gasteiger partial charge on any atom is -0.422 e. The number of benzene rings is 3. The molecule has 0 radical (unpaired) electrons. The summed E-state index contributed by atoms with van der Waals surface area (Å²) < 4.78 is 69.4. The Morgan fingerprint density at radius 2 is 1.24 bits per heavy atom. The lowest BCUT2D eigenvalue weighted by Crippen LogP contribution is -2.67. The fraction of sp³-hybridized carbons (Fsp3) is 0.589. The van der Waals surface area contributed by atoms with Gasteiger partial charge in [0.1, 0.15) is 108 Å². The van der Waals surface area contributed by atoms with Crippen LogP contribution in [0.5, 0.6) is 0 Å². The van der Waals surface area contributed by atoms with E-state index in [9.17, 15) is 69.9 Å². The summed E-state index contributed by atoms with van der Waals surface area (Å²) in [5, 5.41) is 118. The average Bonchev–Trinajstić information content (AvgIpc) is 1.70. The van der Waals surface area contributed by atoms with Gasteiger partial charge in [-0.05, 0) is 76.1 Å². The van der Waals surface area contributed by atoms with Crippen LogP contribution in [0.2, 0.25) is 0 Å². The maximum absolute atomic E-state index is 15.1. The van der Waals surface area contributed by atoms with Crippen LogP contribution in [0.4, 0.5) is 0 Å². The Hall–Kier alpha value is -7.42. The second-order valence-electron chi connectivity index (χ2n) is 27.9. The van der Waals surface area contributed by atoms with Crippen LogP contribution in [0.1, 0.15) is 95.7 Å². The number of nitrogens with one attached hydrogen (secondary N) is 2. The topological polar surface area (TPSA) is 452 Å². The first-order chi connectivity index (χ1) is 50.6. The van der Waals surface area contributed by atoms with Crippen LogP contribution in [0.15, 0.2) is 116 Å². The van der Waals surface area contributed by atoms with Gasteiger partial charge in [-0.3, -0.25) is 19.2 Å². The molecule has 10 unspecified atom stereocenters. The van der Waals surface area contributed by atoms with E-state index in [1.54, 1.807) is 77.8 Å². The summed E-state index contributed by atoms with van der Waals surface area (Å²) in [7, 11) is 0. The number of ketones is 1. The highest BCUT2D eigenvalue weighted by Crippen LogP contribution is 2.42. The lowest BCUT2D eigenvalue weighted by atomic mass is 9.78. The highest BCUT2D eigenvalue weighted by Gasteiger charge is 2.55. The van der Waals surface area contributed by atoms with Gasteiger partial charge >= 0.3 is 11.3 Å². The van der Waals surface area contributed by atoms with Gasteiger partial charge in [0.2, 0.25) is 11.8 Å². The van der Waals surface area contributed by atoms with Crippen molar-refractivity contribution in [2.24, 2.45) is 11.8 Å². The van der Waals surface area contributed by atoms with Crippen LogP contribution >= 0.6 is 0 Å². The summed E-state index contributed by atoms with van der Waals surface area (Å²) in [6.45, 7) is 2.99. The van der Waals surface area contributed by atoms with Crippen molar-refractivity contribution in [2.75, 3.05) is 32.8 Å². The number of fused-ring (bicyclic) bond motifs is 2. The minimum atomic E-state index is -1.84. The van der Waals surface area contributed by atoms with Crippen LogP contribution < -0.4 is 21.9 Å². The molecular weight excluding hydrogens is 1380 g/mol. The monoisotopic (exact) mass is 1470 g/mol. The van der Waals surface area contributed by atoms with Gasteiger partial charge in [-0.15, -0.1) is 5.10 Å². The summed E-state index contributed by atoms with van der Waals surface area (Å²) in [5.41, 5.74) is 0.415. The molecule has 6 fully saturated rings. The number of nitrogens with zero attached hydrogens (tertiary/aromatic N) is 4. The van der Waals surface area contributed by atoms with Crippen molar-refractivity contribution in [3.8, 4) is 11.3 Å². The Balaban J connectivity index is 0.791. The summed E-state index contributed by atoms with van der Waals surface area (Å²) in [6.07, 6.45) is -27.8. The number of aliphatic hydroxyl groups excluding tert-OH is 9. The summed E-state index contributed by atoms with van der Waals surface area (Å²) >= 11 is 0. The van der Waals surface area contributed by atoms with E-state index < -0.39 is 196 Å². The van der Waals surface area contributed by atoms with Crippen molar-refractivity contribution in [1.29, 1.82) is 0 Å².